The first-order valence-electron chi connectivity index (χ1n) is 11.2. The van der Waals surface area contributed by atoms with Crippen LogP contribution >= 0.6 is 0 Å². The number of rotatable bonds is 17. The van der Waals surface area contributed by atoms with Gasteiger partial charge in [-0.1, -0.05) is 0 Å². The maximum Gasteiger partial charge on any atom is 0.326 e. The van der Waals surface area contributed by atoms with Crippen molar-refractivity contribution in [1.82, 2.24) is 25.9 Å². The molecule has 206 valence electrons. The first-order chi connectivity index (χ1) is 17.4. The van der Waals surface area contributed by atoms with Crippen LogP contribution in [0.25, 0.3) is 0 Å². The van der Waals surface area contributed by atoms with Crippen LogP contribution in [0.15, 0.2) is 17.5 Å². The van der Waals surface area contributed by atoms with E-state index in [4.69, 9.17) is 22.3 Å². The van der Waals surface area contributed by atoms with Crippen molar-refractivity contribution in [1.29, 1.82) is 0 Å². The monoisotopic (exact) mass is 527 g/mol. The van der Waals surface area contributed by atoms with Gasteiger partial charge in [-0.2, -0.15) is 0 Å². The largest absolute Gasteiger partial charge is 0.481 e. The highest BCUT2D eigenvalue weighted by Crippen LogP contribution is 2.04. The third-order valence-corrected chi connectivity index (χ3v) is 4.99. The van der Waals surface area contributed by atoms with E-state index in [0.717, 1.165) is 0 Å². The Balaban J connectivity index is 2.88. The predicted molar refractivity (Wildman–Crippen MR) is 128 cm³/mol. The molecule has 0 spiro atoms. The molecule has 0 aliphatic carbocycles. The molecule has 0 saturated carbocycles. The molecular formula is C20H33N9O8. The van der Waals surface area contributed by atoms with Gasteiger partial charge in [0.1, 0.15) is 18.1 Å². The van der Waals surface area contributed by atoms with E-state index in [-0.39, 0.29) is 44.6 Å². The number of aliphatic hydroxyl groups is 1. The van der Waals surface area contributed by atoms with E-state index < -0.39 is 60.4 Å². The molecule has 0 aliphatic heterocycles. The summed E-state index contributed by atoms with van der Waals surface area (Å²) in [6, 6.07) is -5.41. The lowest BCUT2D eigenvalue weighted by molar-refractivity contribution is -0.142. The molecule has 17 heteroatoms. The van der Waals surface area contributed by atoms with Crippen molar-refractivity contribution >= 4 is 35.6 Å². The summed E-state index contributed by atoms with van der Waals surface area (Å²) in [4.78, 5) is 70.4. The van der Waals surface area contributed by atoms with Gasteiger partial charge < -0.3 is 53.5 Å². The molecule has 1 aromatic rings. The van der Waals surface area contributed by atoms with Gasteiger partial charge in [-0.15, -0.1) is 0 Å². The van der Waals surface area contributed by atoms with Crippen LogP contribution in [0, 0.1) is 0 Å². The van der Waals surface area contributed by atoms with Crippen LogP contribution in [0.2, 0.25) is 0 Å². The smallest absolute Gasteiger partial charge is 0.326 e. The molecule has 0 saturated heterocycles. The number of aromatic amines is 1. The van der Waals surface area contributed by atoms with Gasteiger partial charge in [-0.3, -0.25) is 24.2 Å². The Hall–Kier alpha value is -4.25. The fourth-order valence-electron chi connectivity index (χ4n) is 3.02. The molecule has 37 heavy (non-hydrogen) atoms. The molecule has 1 heterocycles. The number of nitrogens with one attached hydrogen (secondary N) is 4. The Labute approximate surface area is 211 Å². The number of aliphatic hydroxyl groups excluding tert-OH is 1. The molecule has 3 amide bonds. The van der Waals surface area contributed by atoms with Crippen molar-refractivity contribution < 1.29 is 39.3 Å². The zero-order valence-corrected chi connectivity index (χ0v) is 19.9. The number of guanidine groups is 1. The minimum atomic E-state index is -1.55. The fourth-order valence-corrected chi connectivity index (χ4v) is 3.02. The van der Waals surface area contributed by atoms with E-state index in [1.54, 1.807) is 0 Å². The minimum absolute atomic E-state index is 0.00263. The number of imidazole rings is 1. The normalized spacial score (nSPS) is 13.9. The number of carboxylic acids is 2. The summed E-state index contributed by atoms with van der Waals surface area (Å²) in [5, 5.41) is 34.7. The van der Waals surface area contributed by atoms with Crippen LogP contribution < -0.4 is 33.2 Å². The number of hydrogen-bond donors (Lipinski definition) is 10. The molecule has 0 bridgehead atoms. The van der Waals surface area contributed by atoms with Crippen LogP contribution in [0.5, 0.6) is 0 Å². The van der Waals surface area contributed by atoms with E-state index in [0.29, 0.717) is 5.69 Å². The maximum absolute atomic E-state index is 12.9. The Kier molecular flexibility index (Phi) is 13.0. The van der Waals surface area contributed by atoms with E-state index >= 15 is 0 Å². The number of carboxylic acid groups (broad SMARTS) is 2. The topological polar surface area (TPSA) is 301 Å². The maximum atomic E-state index is 12.9. The van der Waals surface area contributed by atoms with Crippen LogP contribution in [-0.2, 0) is 30.4 Å². The van der Waals surface area contributed by atoms with Crippen LogP contribution in [0.1, 0.15) is 31.4 Å². The summed E-state index contributed by atoms with van der Waals surface area (Å²) >= 11 is 0. The molecule has 0 aromatic carbocycles. The fraction of sp³-hybridized carbons (Fsp3) is 0.550. The van der Waals surface area contributed by atoms with Crippen LogP contribution in [0.4, 0.5) is 0 Å². The molecule has 0 fully saturated rings. The van der Waals surface area contributed by atoms with Gasteiger partial charge in [-0.25, -0.2) is 9.78 Å². The van der Waals surface area contributed by atoms with Crippen molar-refractivity contribution in [3.05, 3.63) is 18.2 Å². The van der Waals surface area contributed by atoms with E-state index in [1.807, 2.05) is 0 Å². The van der Waals surface area contributed by atoms with Gasteiger partial charge in [0.05, 0.1) is 19.0 Å². The average molecular weight is 528 g/mol. The Morgan fingerprint density at radius 2 is 1.59 bits per heavy atom. The Bertz CT molecular complexity index is 950. The summed E-state index contributed by atoms with van der Waals surface area (Å²) in [5.74, 6) is -5.35. The number of aliphatic carboxylic acids is 2. The number of H-pyrrole nitrogens is 1. The number of nitrogens with two attached hydrogens (primary N) is 3. The molecular weight excluding hydrogens is 494 g/mol. The van der Waals surface area contributed by atoms with Crippen LogP contribution in [-0.4, -0.2) is 98.2 Å². The SMILES string of the molecule is NC(N)=NCCCC(NC(=O)C(N)CCC(=O)O)C(=O)NC(CO)C(=O)NC(Cc1cnc[nH]1)C(=O)O. The molecule has 0 radical (unpaired) electrons. The van der Waals surface area contributed by atoms with Crippen molar-refractivity contribution in [2.45, 2.75) is 56.3 Å². The second-order valence-electron chi connectivity index (χ2n) is 7.97. The highest BCUT2D eigenvalue weighted by Gasteiger charge is 2.30. The third-order valence-electron chi connectivity index (χ3n) is 4.99. The second-order valence-corrected chi connectivity index (χ2v) is 7.97. The molecule has 13 N–H and O–H groups in total. The zero-order valence-electron chi connectivity index (χ0n) is 19.9. The van der Waals surface area contributed by atoms with Crippen molar-refractivity contribution in [2.24, 2.45) is 22.2 Å². The van der Waals surface area contributed by atoms with E-state index in [9.17, 15) is 34.2 Å². The highest BCUT2D eigenvalue weighted by atomic mass is 16.4. The highest BCUT2D eigenvalue weighted by molar-refractivity contribution is 5.94. The van der Waals surface area contributed by atoms with Gasteiger partial charge in [0.15, 0.2) is 5.96 Å². The number of amides is 3. The standard InChI is InChI=1S/C20H33N9O8/c21-11(3-4-15(31)32)16(33)27-12(2-1-5-25-20(22)23)17(34)29-14(8-30)18(35)28-13(19(36)37)6-10-7-24-9-26-10/h7,9,11-14,30H,1-6,8,21H2,(H,24,26)(H,27,33)(H,28,35)(H,29,34)(H,31,32)(H,36,37)(H4,22,23,25). The predicted octanol–water partition coefficient (Wildman–Crippen LogP) is -4.27. The zero-order chi connectivity index (χ0) is 28.0. The minimum Gasteiger partial charge on any atom is -0.481 e. The number of carbonyl (C=O) groups is 5. The number of nitrogens with zero attached hydrogens (tertiary/aromatic N) is 2. The molecule has 1 rings (SSSR count). The van der Waals surface area contributed by atoms with Crippen molar-refractivity contribution in [2.75, 3.05) is 13.2 Å². The lowest BCUT2D eigenvalue weighted by atomic mass is 10.1. The van der Waals surface area contributed by atoms with Gasteiger partial charge in [-0.05, 0) is 19.3 Å². The molecule has 1 aromatic heterocycles. The number of hydrogen-bond acceptors (Lipinski definition) is 9. The van der Waals surface area contributed by atoms with Crippen molar-refractivity contribution in [3.8, 4) is 0 Å². The summed E-state index contributed by atoms with van der Waals surface area (Å²) in [7, 11) is 0. The molecule has 4 atom stereocenters. The lowest BCUT2D eigenvalue weighted by Crippen LogP contribution is -2.58. The molecule has 17 nitrogen and oxygen atoms in total. The second kappa shape index (κ2) is 15.7. The average Bonchev–Trinajstić information content (AvgIpc) is 3.34. The van der Waals surface area contributed by atoms with Gasteiger partial charge >= 0.3 is 11.9 Å². The first kappa shape index (κ1) is 30.8. The van der Waals surface area contributed by atoms with Crippen molar-refractivity contribution in [3.63, 3.8) is 0 Å². The van der Waals surface area contributed by atoms with E-state index in [1.165, 1.54) is 12.5 Å². The quantitative estimate of drug-likeness (QED) is 0.0523. The summed E-state index contributed by atoms with van der Waals surface area (Å²) in [6.45, 7) is -0.758. The van der Waals surface area contributed by atoms with Gasteiger partial charge in [0.25, 0.3) is 0 Å². The number of carbonyl (C=O) groups excluding carboxylic acids is 3. The summed E-state index contributed by atoms with van der Waals surface area (Å²) in [5.41, 5.74) is 16.7. The lowest BCUT2D eigenvalue weighted by Gasteiger charge is -2.24. The van der Waals surface area contributed by atoms with Gasteiger partial charge in [0.2, 0.25) is 17.7 Å². The van der Waals surface area contributed by atoms with Gasteiger partial charge in [0, 0.05) is 31.3 Å². The molecule has 4 unspecified atom stereocenters. The third kappa shape index (κ3) is 11.8. The Morgan fingerprint density at radius 3 is 2.14 bits per heavy atom. The summed E-state index contributed by atoms with van der Waals surface area (Å²) < 4.78 is 0. The summed E-state index contributed by atoms with van der Waals surface area (Å²) in [6.07, 6.45) is 2.25. The number of aliphatic imine (C=N–C) groups is 1. The van der Waals surface area contributed by atoms with Crippen LogP contribution in [0.3, 0.4) is 0 Å². The first-order valence-corrected chi connectivity index (χ1v) is 11.2. The van der Waals surface area contributed by atoms with E-state index in [2.05, 4.69) is 30.9 Å². The number of aromatic nitrogens is 2. The Morgan fingerprint density at radius 1 is 0.973 bits per heavy atom. The molecule has 0 aliphatic rings.